The molecule has 1 aromatic rings. The number of nitrogens with zero attached hydrogens (tertiary/aromatic N) is 1. The minimum atomic E-state index is 0.906. The van der Waals surface area contributed by atoms with Gasteiger partial charge in [0.1, 0.15) is 0 Å². The number of aryl methyl sites for hydroxylation is 1. The molecule has 1 rings (SSSR count). The zero-order chi connectivity index (χ0) is 10.6. The van der Waals surface area contributed by atoms with Gasteiger partial charge in [-0.3, -0.25) is 0 Å². The summed E-state index contributed by atoms with van der Waals surface area (Å²) >= 11 is 0. The van der Waals surface area contributed by atoms with E-state index in [9.17, 15) is 0 Å². The number of nitrogen functional groups attached to an aromatic ring is 1. The van der Waals surface area contributed by atoms with Crippen LogP contribution < -0.4 is 10.6 Å². The quantitative estimate of drug-likeness (QED) is 0.743. The fraction of sp³-hybridized carbons (Fsp3) is 0.500. The van der Waals surface area contributed by atoms with E-state index in [0.717, 1.165) is 25.2 Å². The highest BCUT2D eigenvalue weighted by Crippen LogP contribution is 2.21. The van der Waals surface area contributed by atoms with E-state index in [-0.39, 0.29) is 0 Å². The lowest BCUT2D eigenvalue weighted by Gasteiger charge is -2.22. The summed E-state index contributed by atoms with van der Waals surface area (Å²) in [7, 11) is 0. The van der Waals surface area contributed by atoms with Crippen LogP contribution in [-0.4, -0.2) is 13.1 Å². The van der Waals surface area contributed by atoms with Crippen molar-refractivity contribution in [2.75, 3.05) is 23.7 Å². The van der Waals surface area contributed by atoms with Gasteiger partial charge in [-0.05, 0) is 44.0 Å². The first kappa shape index (κ1) is 10.9. The first-order valence-corrected chi connectivity index (χ1v) is 5.36. The van der Waals surface area contributed by atoms with Gasteiger partial charge in [0.2, 0.25) is 0 Å². The Morgan fingerprint density at radius 1 is 1.14 bits per heavy atom. The Morgan fingerprint density at radius 2 is 1.79 bits per heavy atom. The van der Waals surface area contributed by atoms with Crippen LogP contribution in [0.3, 0.4) is 0 Å². The summed E-state index contributed by atoms with van der Waals surface area (Å²) in [5.74, 6) is 0. The summed E-state index contributed by atoms with van der Waals surface area (Å²) < 4.78 is 0. The maximum atomic E-state index is 5.86. The molecule has 0 aliphatic rings. The van der Waals surface area contributed by atoms with Crippen molar-refractivity contribution >= 4 is 11.4 Å². The maximum Gasteiger partial charge on any atom is 0.0370 e. The van der Waals surface area contributed by atoms with Gasteiger partial charge >= 0.3 is 0 Å². The van der Waals surface area contributed by atoms with E-state index >= 15 is 0 Å². The number of nitrogens with two attached hydrogens (primary N) is 1. The molecule has 14 heavy (non-hydrogen) atoms. The molecule has 0 aromatic heterocycles. The topological polar surface area (TPSA) is 29.3 Å². The van der Waals surface area contributed by atoms with Crippen molar-refractivity contribution in [1.82, 2.24) is 0 Å². The monoisotopic (exact) mass is 192 g/mol. The predicted molar refractivity (Wildman–Crippen MR) is 63.8 cm³/mol. The molecule has 1 aromatic carbocycles. The van der Waals surface area contributed by atoms with Gasteiger partial charge in [-0.2, -0.15) is 0 Å². The third kappa shape index (κ3) is 2.19. The smallest absolute Gasteiger partial charge is 0.0370 e. The summed E-state index contributed by atoms with van der Waals surface area (Å²) in [6.07, 6.45) is 1.00. The SMILES string of the molecule is CCc1cc(N(CC)CC)ccc1N. The highest BCUT2D eigenvalue weighted by Gasteiger charge is 2.03. The van der Waals surface area contributed by atoms with Gasteiger partial charge in [-0.25, -0.2) is 0 Å². The van der Waals surface area contributed by atoms with Crippen molar-refractivity contribution in [3.8, 4) is 0 Å². The largest absolute Gasteiger partial charge is 0.399 e. The van der Waals surface area contributed by atoms with Crippen molar-refractivity contribution < 1.29 is 0 Å². The van der Waals surface area contributed by atoms with Crippen LogP contribution in [-0.2, 0) is 6.42 Å². The third-order valence-electron chi connectivity index (χ3n) is 2.64. The number of anilines is 2. The van der Waals surface area contributed by atoms with Crippen molar-refractivity contribution in [2.24, 2.45) is 0 Å². The summed E-state index contributed by atoms with van der Waals surface area (Å²) in [6.45, 7) is 8.57. The molecule has 0 atom stereocenters. The van der Waals surface area contributed by atoms with Crippen LogP contribution in [0.2, 0.25) is 0 Å². The summed E-state index contributed by atoms with van der Waals surface area (Å²) in [5, 5.41) is 0. The van der Waals surface area contributed by atoms with E-state index in [1.54, 1.807) is 0 Å². The predicted octanol–water partition coefficient (Wildman–Crippen LogP) is 2.68. The molecular formula is C12H20N2. The minimum Gasteiger partial charge on any atom is -0.399 e. The van der Waals surface area contributed by atoms with Crippen LogP contribution in [0.15, 0.2) is 18.2 Å². The highest BCUT2D eigenvalue weighted by molar-refractivity contribution is 5.58. The molecule has 0 unspecified atom stereocenters. The average molecular weight is 192 g/mol. The van der Waals surface area contributed by atoms with Crippen LogP contribution >= 0.6 is 0 Å². The van der Waals surface area contributed by atoms with Gasteiger partial charge in [-0.15, -0.1) is 0 Å². The van der Waals surface area contributed by atoms with Gasteiger partial charge in [0.15, 0.2) is 0 Å². The zero-order valence-electron chi connectivity index (χ0n) is 9.38. The summed E-state index contributed by atoms with van der Waals surface area (Å²) in [6, 6.07) is 6.30. The molecule has 0 saturated carbocycles. The van der Waals surface area contributed by atoms with Gasteiger partial charge < -0.3 is 10.6 Å². The van der Waals surface area contributed by atoms with E-state index in [1.807, 2.05) is 6.07 Å². The molecule has 0 aliphatic heterocycles. The molecule has 78 valence electrons. The van der Waals surface area contributed by atoms with Crippen LogP contribution in [0.5, 0.6) is 0 Å². The van der Waals surface area contributed by atoms with Crippen molar-refractivity contribution in [3.05, 3.63) is 23.8 Å². The molecule has 0 amide bonds. The molecular weight excluding hydrogens is 172 g/mol. The molecule has 0 heterocycles. The lowest BCUT2D eigenvalue weighted by atomic mass is 10.1. The van der Waals surface area contributed by atoms with Crippen LogP contribution in [0.1, 0.15) is 26.3 Å². The molecule has 2 nitrogen and oxygen atoms in total. The number of benzene rings is 1. The lowest BCUT2D eigenvalue weighted by Crippen LogP contribution is -2.21. The van der Waals surface area contributed by atoms with Crippen molar-refractivity contribution in [3.63, 3.8) is 0 Å². The van der Waals surface area contributed by atoms with Gasteiger partial charge in [-0.1, -0.05) is 6.92 Å². The molecule has 0 radical (unpaired) electrons. The van der Waals surface area contributed by atoms with E-state index in [0.29, 0.717) is 0 Å². The molecule has 0 spiro atoms. The second-order valence-corrected chi connectivity index (χ2v) is 3.41. The van der Waals surface area contributed by atoms with Gasteiger partial charge in [0.25, 0.3) is 0 Å². The summed E-state index contributed by atoms with van der Waals surface area (Å²) in [4.78, 5) is 2.33. The lowest BCUT2D eigenvalue weighted by molar-refractivity contribution is 0.865. The fourth-order valence-corrected chi connectivity index (χ4v) is 1.68. The molecule has 0 fully saturated rings. The van der Waals surface area contributed by atoms with E-state index < -0.39 is 0 Å². The van der Waals surface area contributed by atoms with Crippen molar-refractivity contribution in [1.29, 1.82) is 0 Å². The molecule has 0 bridgehead atoms. The molecule has 2 N–H and O–H groups in total. The Balaban J connectivity index is 2.98. The standard InChI is InChI=1S/C12H20N2/c1-4-10-9-11(7-8-12(10)13)14(5-2)6-3/h7-9H,4-6,13H2,1-3H3. The second-order valence-electron chi connectivity index (χ2n) is 3.41. The first-order valence-electron chi connectivity index (χ1n) is 5.36. The van der Waals surface area contributed by atoms with E-state index in [1.165, 1.54) is 11.3 Å². The average Bonchev–Trinajstić information content (AvgIpc) is 2.22. The Kier molecular flexibility index (Phi) is 3.81. The second kappa shape index (κ2) is 4.89. The first-order chi connectivity index (χ1) is 6.72. The summed E-state index contributed by atoms with van der Waals surface area (Å²) in [5.41, 5.74) is 9.29. The van der Waals surface area contributed by atoms with Crippen LogP contribution in [0.4, 0.5) is 11.4 Å². The molecule has 0 saturated heterocycles. The maximum absolute atomic E-state index is 5.86. The van der Waals surface area contributed by atoms with Gasteiger partial charge in [0, 0.05) is 24.5 Å². The normalized spacial score (nSPS) is 10.2. The van der Waals surface area contributed by atoms with Crippen molar-refractivity contribution in [2.45, 2.75) is 27.2 Å². The number of hydrogen-bond donors (Lipinski definition) is 1. The number of hydrogen-bond acceptors (Lipinski definition) is 2. The Labute approximate surface area is 86.7 Å². The zero-order valence-corrected chi connectivity index (χ0v) is 9.38. The minimum absolute atomic E-state index is 0.906. The Hall–Kier alpha value is -1.18. The fourth-order valence-electron chi connectivity index (χ4n) is 1.68. The Bertz CT molecular complexity index is 290. The van der Waals surface area contributed by atoms with E-state index in [2.05, 4.69) is 37.8 Å². The van der Waals surface area contributed by atoms with Crippen LogP contribution in [0, 0.1) is 0 Å². The molecule has 2 heteroatoms. The van der Waals surface area contributed by atoms with E-state index in [4.69, 9.17) is 5.73 Å². The number of rotatable bonds is 4. The molecule has 0 aliphatic carbocycles. The van der Waals surface area contributed by atoms with Gasteiger partial charge in [0.05, 0.1) is 0 Å². The third-order valence-corrected chi connectivity index (χ3v) is 2.64. The Morgan fingerprint density at radius 3 is 2.29 bits per heavy atom. The van der Waals surface area contributed by atoms with Crippen LogP contribution in [0.25, 0.3) is 0 Å². The highest BCUT2D eigenvalue weighted by atomic mass is 15.1.